The van der Waals surface area contributed by atoms with Crippen LogP contribution in [0.5, 0.6) is 0 Å². The Bertz CT molecular complexity index is 595. The van der Waals surface area contributed by atoms with Gasteiger partial charge in [0.2, 0.25) is 0 Å². The van der Waals surface area contributed by atoms with Gasteiger partial charge in [0.15, 0.2) is 0 Å². The minimum Gasteiger partial charge on any atom is -0.333 e. The van der Waals surface area contributed by atoms with E-state index in [4.69, 9.17) is 12.2 Å². The second-order valence-corrected chi connectivity index (χ2v) is 6.09. The lowest BCUT2D eigenvalue weighted by Gasteiger charge is -2.22. The lowest BCUT2D eigenvalue weighted by atomic mass is 10.3. The van der Waals surface area contributed by atoms with Crippen LogP contribution in [0.3, 0.4) is 0 Å². The number of hydrogen-bond donors (Lipinski definition) is 0. The highest BCUT2D eigenvalue weighted by Crippen LogP contribution is 2.22. The van der Waals surface area contributed by atoms with E-state index in [1.807, 2.05) is 41.7 Å². The largest absolute Gasteiger partial charge is 0.333 e. The molecule has 2 rings (SSSR count). The summed E-state index contributed by atoms with van der Waals surface area (Å²) in [5.74, 6) is 1.05. The number of nitrogens with zero attached hydrogens (tertiary/aromatic N) is 4. The van der Waals surface area contributed by atoms with Crippen molar-refractivity contribution in [1.82, 2.24) is 14.8 Å². The van der Waals surface area contributed by atoms with Crippen molar-refractivity contribution in [1.29, 1.82) is 0 Å². The first-order valence-corrected chi connectivity index (χ1v) is 8.73. The molecule has 2 aromatic heterocycles. The van der Waals surface area contributed by atoms with Crippen molar-refractivity contribution in [2.24, 2.45) is 0 Å². The molecule has 0 aromatic carbocycles. The third kappa shape index (κ3) is 3.83. The first-order chi connectivity index (χ1) is 10.2. The number of aromatic nitrogens is 3. The molecule has 0 radical (unpaired) electrons. The van der Waals surface area contributed by atoms with Gasteiger partial charge in [-0.15, -0.1) is 0 Å². The van der Waals surface area contributed by atoms with Crippen LogP contribution < -0.4 is 4.90 Å². The highest BCUT2D eigenvalue weighted by atomic mass is 32.2. The average Bonchev–Trinajstić information content (AvgIpc) is 2.89. The Kier molecular flexibility index (Phi) is 5.76. The Labute approximate surface area is 135 Å². The minimum atomic E-state index is 0.854. The van der Waals surface area contributed by atoms with Crippen LogP contribution in [0.15, 0.2) is 30.7 Å². The zero-order chi connectivity index (χ0) is 15.2. The van der Waals surface area contributed by atoms with Gasteiger partial charge in [-0.1, -0.05) is 12.2 Å². The van der Waals surface area contributed by atoms with Crippen molar-refractivity contribution in [3.63, 3.8) is 0 Å². The van der Waals surface area contributed by atoms with Crippen LogP contribution in [0, 0.1) is 6.92 Å². The highest BCUT2D eigenvalue weighted by molar-refractivity contribution is 7.98. The van der Waals surface area contributed by atoms with Crippen molar-refractivity contribution in [3.05, 3.63) is 36.4 Å². The summed E-state index contributed by atoms with van der Waals surface area (Å²) in [5.41, 5.74) is 3.01. The Morgan fingerprint density at radius 3 is 2.90 bits per heavy atom. The second kappa shape index (κ2) is 7.56. The lowest BCUT2D eigenvalue weighted by molar-refractivity contribution is 0.857. The van der Waals surface area contributed by atoms with E-state index < -0.39 is 0 Å². The maximum Gasteiger partial charge on any atom is 0.0835 e. The Hall–Kier alpha value is -1.40. The predicted molar refractivity (Wildman–Crippen MR) is 94.7 cm³/mol. The molecule has 0 aliphatic heterocycles. The molecule has 0 unspecified atom stereocenters. The Balaban J connectivity index is 2.27. The molecule has 0 aliphatic carbocycles. The molecule has 0 saturated heterocycles. The van der Waals surface area contributed by atoms with Crippen molar-refractivity contribution in [2.75, 3.05) is 23.5 Å². The molecule has 4 nitrogen and oxygen atoms in total. The zero-order valence-electron chi connectivity index (χ0n) is 12.6. The maximum absolute atomic E-state index is 5.57. The molecule has 0 fully saturated rings. The fourth-order valence-corrected chi connectivity index (χ4v) is 3.00. The molecule has 2 heterocycles. The summed E-state index contributed by atoms with van der Waals surface area (Å²) in [6, 6.07) is 3.90. The van der Waals surface area contributed by atoms with E-state index in [1.165, 1.54) is 0 Å². The molecule has 112 valence electrons. The summed E-state index contributed by atoms with van der Waals surface area (Å²) in [7, 11) is 0. The van der Waals surface area contributed by atoms with Crippen LogP contribution in [0.25, 0.3) is 5.69 Å². The average molecular weight is 320 g/mol. The third-order valence-electron chi connectivity index (χ3n) is 3.21. The number of rotatable bonds is 6. The van der Waals surface area contributed by atoms with Gasteiger partial charge in [-0.2, -0.15) is 16.9 Å². The number of pyridine rings is 1. The van der Waals surface area contributed by atoms with Crippen LogP contribution in [0.1, 0.15) is 19.0 Å². The fourth-order valence-electron chi connectivity index (χ4n) is 2.14. The quantitative estimate of drug-likeness (QED) is 0.761. The zero-order valence-corrected chi connectivity index (χ0v) is 14.2. The number of thioether (sulfide) groups is 1. The third-order valence-corrected chi connectivity index (χ3v) is 4.25. The van der Waals surface area contributed by atoms with Crippen LogP contribution in [-0.4, -0.2) is 38.3 Å². The maximum atomic E-state index is 5.57. The van der Waals surface area contributed by atoms with E-state index in [0.29, 0.717) is 0 Å². The smallest absolute Gasteiger partial charge is 0.0835 e. The van der Waals surface area contributed by atoms with Gasteiger partial charge in [-0.25, -0.2) is 4.68 Å². The van der Waals surface area contributed by atoms with Crippen molar-refractivity contribution < 1.29 is 0 Å². The SMILES string of the molecule is CCN(C(=S)CCSC)c1cn(-c2cccnc2)nc1C. The predicted octanol–water partition coefficient (Wildman–Crippen LogP) is 3.48. The van der Waals surface area contributed by atoms with Crippen LogP contribution >= 0.6 is 24.0 Å². The van der Waals surface area contributed by atoms with E-state index in [2.05, 4.69) is 28.2 Å². The first-order valence-electron chi connectivity index (χ1n) is 6.93. The molecule has 2 aromatic rings. The summed E-state index contributed by atoms with van der Waals surface area (Å²) in [5, 5.41) is 4.58. The van der Waals surface area contributed by atoms with E-state index in [1.54, 1.807) is 12.4 Å². The van der Waals surface area contributed by atoms with Crippen LogP contribution in [-0.2, 0) is 0 Å². The molecular formula is C15H20N4S2. The van der Waals surface area contributed by atoms with Gasteiger partial charge in [0, 0.05) is 19.2 Å². The number of thiocarbonyl (C=S) groups is 1. The lowest BCUT2D eigenvalue weighted by Crippen LogP contribution is -2.29. The molecule has 0 bridgehead atoms. The fraction of sp³-hybridized carbons (Fsp3) is 0.400. The summed E-state index contributed by atoms with van der Waals surface area (Å²) >= 11 is 7.39. The molecule has 0 saturated carbocycles. The van der Waals surface area contributed by atoms with Crippen molar-refractivity contribution in [3.8, 4) is 5.69 Å². The molecule has 0 atom stereocenters. The molecule has 0 N–H and O–H groups in total. The van der Waals surface area contributed by atoms with Crippen molar-refractivity contribution >= 4 is 34.7 Å². The van der Waals surface area contributed by atoms with E-state index >= 15 is 0 Å². The molecule has 6 heteroatoms. The van der Waals surface area contributed by atoms with Gasteiger partial charge in [-0.3, -0.25) is 4.98 Å². The standard InChI is InChI=1S/C15H20N4S2/c1-4-18(15(20)7-9-21-3)14-11-19(17-12(14)2)13-6-5-8-16-10-13/h5-6,8,10-11H,4,7,9H2,1-3H3. The van der Waals surface area contributed by atoms with Gasteiger partial charge >= 0.3 is 0 Å². The van der Waals surface area contributed by atoms with Gasteiger partial charge in [0.05, 0.1) is 34.5 Å². The molecule has 0 amide bonds. The second-order valence-electron chi connectivity index (χ2n) is 4.64. The van der Waals surface area contributed by atoms with E-state index in [9.17, 15) is 0 Å². The topological polar surface area (TPSA) is 34.0 Å². The van der Waals surface area contributed by atoms with E-state index in [0.717, 1.165) is 40.8 Å². The summed E-state index contributed by atoms with van der Waals surface area (Å²) in [4.78, 5) is 7.28. The Morgan fingerprint density at radius 2 is 2.29 bits per heavy atom. The highest BCUT2D eigenvalue weighted by Gasteiger charge is 2.16. The van der Waals surface area contributed by atoms with Gasteiger partial charge in [0.1, 0.15) is 0 Å². The minimum absolute atomic E-state index is 0.854. The van der Waals surface area contributed by atoms with Gasteiger partial charge in [-0.05, 0) is 38.0 Å². The number of hydrogen-bond acceptors (Lipinski definition) is 4. The summed E-state index contributed by atoms with van der Waals surface area (Å²) in [6.45, 7) is 4.99. The first kappa shape index (κ1) is 16.0. The molecular weight excluding hydrogens is 300 g/mol. The van der Waals surface area contributed by atoms with E-state index in [-0.39, 0.29) is 0 Å². The van der Waals surface area contributed by atoms with Crippen LogP contribution in [0.4, 0.5) is 5.69 Å². The molecule has 0 aliphatic rings. The Morgan fingerprint density at radius 1 is 1.48 bits per heavy atom. The van der Waals surface area contributed by atoms with Crippen molar-refractivity contribution in [2.45, 2.75) is 20.3 Å². The monoisotopic (exact) mass is 320 g/mol. The molecule has 21 heavy (non-hydrogen) atoms. The summed E-state index contributed by atoms with van der Waals surface area (Å²) in [6.07, 6.45) is 8.61. The van der Waals surface area contributed by atoms with Crippen LogP contribution in [0.2, 0.25) is 0 Å². The normalized spacial score (nSPS) is 10.6. The molecule has 0 spiro atoms. The number of anilines is 1. The number of aryl methyl sites for hydroxylation is 1. The van der Waals surface area contributed by atoms with Gasteiger partial charge in [0.25, 0.3) is 0 Å². The van der Waals surface area contributed by atoms with Gasteiger partial charge < -0.3 is 4.90 Å². The summed E-state index contributed by atoms with van der Waals surface area (Å²) < 4.78 is 1.86.